The number of guanidine groups is 1. The molecule has 3 rings (SSSR count). The first-order valence-corrected chi connectivity index (χ1v) is 10.0. The summed E-state index contributed by atoms with van der Waals surface area (Å²) in [5, 5.41) is 7.99. The number of aliphatic imine (C=N–C) groups is 1. The van der Waals surface area contributed by atoms with Gasteiger partial charge in [-0.2, -0.15) is 0 Å². The van der Waals surface area contributed by atoms with Crippen LogP contribution in [0.3, 0.4) is 0 Å². The second-order valence-corrected chi connectivity index (χ2v) is 6.92. The smallest absolute Gasteiger partial charge is 0.191 e. The molecule has 162 valence electrons. The van der Waals surface area contributed by atoms with Gasteiger partial charge in [0.15, 0.2) is 17.5 Å². The fourth-order valence-corrected chi connectivity index (χ4v) is 3.26. The second kappa shape index (κ2) is 12.3. The van der Waals surface area contributed by atoms with Crippen molar-refractivity contribution in [3.8, 4) is 11.5 Å². The third kappa shape index (κ3) is 6.55. The van der Waals surface area contributed by atoms with Crippen LogP contribution in [-0.2, 0) is 6.42 Å². The quantitative estimate of drug-likeness (QED) is 0.169. The van der Waals surface area contributed by atoms with Crippen molar-refractivity contribution < 1.29 is 9.47 Å². The Balaban J connectivity index is 0.00000320. The lowest BCUT2D eigenvalue weighted by atomic mass is 10.1. The van der Waals surface area contributed by atoms with E-state index in [1.165, 1.54) is 16.5 Å². The van der Waals surface area contributed by atoms with Crippen molar-refractivity contribution in [2.24, 2.45) is 4.99 Å². The molecule has 0 saturated carbocycles. The molecule has 0 aliphatic carbocycles. The Labute approximate surface area is 195 Å². The lowest BCUT2D eigenvalue weighted by Crippen LogP contribution is -2.42. The SMILES string of the molecule is CN=C(NCCCc1c[nH]c2ccccc12)NCC(C)Oc1ccccc1OC.I. The molecule has 1 unspecified atom stereocenters. The number of benzene rings is 2. The van der Waals surface area contributed by atoms with Gasteiger partial charge in [0, 0.05) is 30.7 Å². The van der Waals surface area contributed by atoms with Gasteiger partial charge in [-0.05, 0) is 43.5 Å². The van der Waals surface area contributed by atoms with Crippen LogP contribution in [0.4, 0.5) is 0 Å². The summed E-state index contributed by atoms with van der Waals surface area (Å²) in [5.41, 5.74) is 2.54. The molecule has 0 radical (unpaired) electrons. The van der Waals surface area contributed by atoms with Crippen molar-refractivity contribution in [1.82, 2.24) is 15.6 Å². The van der Waals surface area contributed by atoms with E-state index in [0.717, 1.165) is 36.8 Å². The molecule has 0 bridgehead atoms. The molecule has 1 heterocycles. The molecule has 7 heteroatoms. The number of aryl methyl sites for hydroxylation is 1. The highest BCUT2D eigenvalue weighted by atomic mass is 127. The van der Waals surface area contributed by atoms with E-state index in [2.05, 4.69) is 51.1 Å². The van der Waals surface area contributed by atoms with E-state index in [-0.39, 0.29) is 30.1 Å². The van der Waals surface area contributed by atoms with E-state index < -0.39 is 0 Å². The van der Waals surface area contributed by atoms with E-state index in [1.807, 2.05) is 31.2 Å². The molecule has 3 aromatic rings. The van der Waals surface area contributed by atoms with Gasteiger partial charge in [-0.15, -0.1) is 24.0 Å². The molecule has 1 atom stereocenters. The van der Waals surface area contributed by atoms with Crippen molar-refractivity contribution in [3.63, 3.8) is 0 Å². The molecule has 2 aromatic carbocycles. The van der Waals surface area contributed by atoms with Gasteiger partial charge in [-0.1, -0.05) is 30.3 Å². The van der Waals surface area contributed by atoms with Gasteiger partial charge in [0.05, 0.1) is 13.7 Å². The Morgan fingerprint density at radius 1 is 1.07 bits per heavy atom. The largest absolute Gasteiger partial charge is 0.493 e. The van der Waals surface area contributed by atoms with Gasteiger partial charge < -0.3 is 25.1 Å². The first kappa shape index (κ1) is 23.9. The highest BCUT2D eigenvalue weighted by molar-refractivity contribution is 14.0. The lowest BCUT2D eigenvalue weighted by molar-refractivity contribution is 0.213. The summed E-state index contributed by atoms with van der Waals surface area (Å²) >= 11 is 0. The number of fused-ring (bicyclic) bond motifs is 1. The summed E-state index contributed by atoms with van der Waals surface area (Å²) in [6.45, 7) is 3.50. The predicted molar refractivity (Wildman–Crippen MR) is 134 cm³/mol. The van der Waals surface area contributed by atoms with E-state index in [9.17, 15) is 0 Å². The topological polar surface area (TPSA) is 70.7 Å². The fraction of sp³-hybridized carbons (Fsp3) is 0.348. The zero-order valence-electron chi connectivity index (χ0n) is 17.8. The maximum atomic E-state index is 5.97. The van der Waals surface area contributed by atoms with Gasteiger partial charge in [0.25, 0.3) is 0 Å². The Morgan fingerprint density at radius 3 is 2.57 bits per heavy atom. The van der Waals surface area contributed by atoms with Gasteiger partial charge in [-0.25, -0.2) is 0 Å². The molecule has 3 N–H and O–H groups in total. The molecule has 1 aromatic heterocycles. The van der Waals surface area contributed by atoms with Crippen molar-refractivity contribution in [2.75, 3.05) is 27.2 Å². The summed E-state index contributed by atoms with van der Waals surface area (Å²) in [6.07, 6.45) is 4.11. The van der Waals surface area contributed by atoms with E-state index in [1.54, 1.807) is 14.2 Å². The molecule has 6 nitrogen and oxygen atoms in total. The van der Waals surface area contributed by atoms with Gasteiger partial charge in [-0.3, -0.25) is 4.99 Å². The molecule has 0 aliphatic heterocycles. The number of halogens is 1. The van der Waals surface area contributed by atoms with Crippen LogP contribution in [0.5, 0.6) is 11.5 Å². The molecule has 0 saturated heterocycles. The Hall–Kier alpha value is -2.42. The highest BCUT2D eigenvalue weighted by Crippen LogP contribution is 2.26. The monoisotopic (exact) mass is 522 g/mol. The van der Waals surface area contributed by atoms with Gasteiger partial charge in [0.2, 0.25) is 0 Å². The minimum Gasteiger partial charge on any atom is -0.493 e. The van der Waals surface area contributed by atoms with Gasteiger partial charge >= 0.3 is 0 Å². The van der Waals surface area contributed by atoms with Crippen LogP contribution < -0.4 is 20.1 Å². The number of rotatable bonds is 9. The Morgan fingerprint density at radius 2 is 1.80 bits per heavy atom. The molecule has 0 fully saturated rings. The number of nitrogens with one attached hydrogen (secondary N) is 3. The molecular formula is C23H31IN4O2. The number of para-hydroxylation sites is 3. The fourth-order valence-electron chi connectivity index (χ4n) is 3.26. The first-order chi connectivity index (χ1) is 14.2. The average Bonchev–Trinajstić information content (AvgIpc) is 3.17. The van der Waals surface area contributed by atoms with Crippen molar-refractivity contribution in [3.05, 3.63) is 60.3 Å². The number of aromatic nitrogens is 1. The van der Waals surface area contributed by atoms with Crippen LogP contribution in [0, 0.1) is 0 Å². The summed E-state index contributed by atoms with van der Waals surface area (Å²) < 4.78 is 11.3. The first-order valence-electron chi connectivity index (χ1n) is 10.0. The van der Waals surface area contributed by atoms with Crippen LogP contribution in [0.15, 0.2) is 59.7 Å². The average molecular weight is 522 g/mol. The lowest BCUT2D eigenvalue weighted by Gasteiger charge is -2.19. The predicted octanol–water partition coefficient (Wildman–Crippen LogP) is 4.36. The maximum absolute atomic E-state index is 5.97. The minimum absolute atomic E-state index is 0. The standard InChI is InChI=1S/C23H30N4O2.HI/c1-17(29-22-13-7-6-12-21(22)28-3)15-27-23(24-2)25-14-8-9-18-16-26-20-11-5-4-10-19(18)20;/h4-7,10-13,16-17,26H,8-9,14-15H2,1-3H3,(H2,24,25,27);1H. The van der Waals surface area contributed by atoms with Crippen LogP contribution >= 0.6 is 24.0 Å². The van der Waals surface area contributed by atoms with Gasteiger partial charge in [0.1, 0.15) is 6.10 Å². The number of aromatic amines is 1. The highest BCUT2D eigenvalue weighted by Gasteiger charge is 2.09. The van der Waals surface area contributed by atoms with Crippen molar-refractivity contribution >= 4 is 40.8 Å². The number of ether oxygens (including phenoxy) is 2. The van der Waals surface area contributed by atoms with Crippen LogP contribution in [0.25, 0.3) is 10.9 Å². The molecule has 0 aliphatic rings. The molecule has 30 heavy (non-hydrogen) atoms. The van der Waals surface area contributed by atoms with Crippen molar-refractivity contribution in [1.29, 1.82) is 0 Å². The Bertz CT molecular complexity index is 942. The normalized spacial score (nSPS) is 12.2. The van der Waals surface area contributed by atoms with Crippen LogP contribution in [0.2, 0.25) is 0 Å². The summed E-state index contributed by atoms with van der Waals surface area (Å²) in [5.74, 6) is 2.25. The Kier molecular flexibility index (Phi) is 9.79. The molecule has 0 amide bonds. The molecule has 0 spiro atoms. The minimum atomic E-state index is -0.0314. The van der Waals surface area contributed by atoms with Crippen LogP contribution in [-0.4, -0.2) is 44.3 Å². The van der Waals surface area contributed by atoms with E-state index in [4.69, 9.17) is 9.47 Å². The number of H-pyrrole nitrogens is 1. The zero-order chi connectivity index (χ0) is 20.5. The number of methoxy groups -OCH3 is 1. The van der Waals surface area contributed by atoms with Crippen LogP contribution in [0.1, 0.15) is 18.9 Å². The third-order valence-electron chi connectivity index (χ3n) is 4.77. The zero-order valence-corrected chi connectivity index (χ0v) is 20.1. The third-order valence-corrected chi connectivity index (χ3v) is 4.77. The second-order valence-electron chi connectivity index (χ2n) is 6.92. The number of hydrogen-bond acceptors (Lipinski definition) is 3. The van der Waals surface area contributed by atoms with Crippen molar-refractivity contribution in [2.45, 2.75) is 25.9 Å². The number of hydrogen-bond donors (Lipinski definition) is 3. The van der Waals surface area contributed by atoms with E-state index in [0.29, 0.717) is 6.54 Å². The summed E-state index contributed by atoms with van der Waals surface area (Å²) in [6, 6.07) is 16.1. The maximum Gasteiger partial charge on any atom is 0.191 e. The van der Waals surface area contributed by atoms with E-state index >= 15 is 0 Å². The summed E-state index contributed by atoms with van der Waals surface area (Å²) in [4.78, 5) is 7.62. The molecular weight excluding hydrogens is 491 g/mol. The number of nitrogens with zero attached hydrogens (tertiary/aromatic N) is 1. The summed E-state index contributed by atoms with van der Waals surface area (Å²) in [7, 11) is 3.42.